The van der Waals surface area contributed by atoms with Crippen LogP contribution in [0.3, 0.4) is 0 Å². The van der Waals surface area contributed by atoms with Gasteiger partial charge in [-0.25, -0.2) is 0 Å². The van der Waals surface area contributed by atoms with Crippen molar-refractivity contribution in [1.29, 1.82) is 0 Å². The number of hydrogen-bond acceptors (Lipinski definition) is 1. The second-order valence-corrected chi connectivity index (χ2v) is 7.89. The molecule has 1 aromatic carbocycles. The highest BCUT2D eigenvalue weighted by Gasteiger charge is 2.50. The van der Waals surface area contributed by atoms with E-state index in [2.05, 4.69) is 32.0 Å². The maximum Gasteiger partial charge on any atom is 0.0331 e. The fourth-order valence-corrected chi connectivity index (χ4v) is 5.96. The lowest BCUT2D eigenvalue weighted by Crippen LogP contribution is -2.48. The van der Waals surface area contributed by atoms with Gasteiger partial charge >= 0.3 is 0 Å². The summed E-state index contributed by atoms with van der Waals surface area (Å²) in [6.45, 7) is 4.41. The van der Waals surface area contributed by atoms with Gasteiger partial charge in [-0.15, -0.1) is 0 Å². The Labute approximate surface area is 122 Å². The first-order chi connectivity index (χ1) is 9.61. The topological polar surface area (TPSA) is 26.0 Å². The van der Waals surface area contributed by atoms with E-state index in [0.717, 1.165) is 29.6 Å². The van der Waals surface area contributed by atoms with Gasteiger partial charge in [0.1, 0.15) is 0 Å². The summed E-state index contributed by atoms with van der Waals surface area (Å²) in [5.41, 5.74) is 10.9. The second kappa shape index (κ2) is 4.59. The normalized spacial score (nSPS) is 40.0. The van der Waals surface area contributed by atoms with E-state index in [1.165, 1.54) is 48.8 Å². The van der Waals surface area contributed by atoms with Gasteiger partial charge in [-0.1, -0.05) is 23.8 Å². The summed E-state index contributed by atoms with van der Waals surface area (Å²) in [6.07, 6.45) is 7.40. The molecule has 1 aromatic rings. The zero-order chi connectivity index (χ0) is 13.9. The molecule has 2 N–H and O–H groups in total. The third-order valence-corrected chi connectivity index (χ3v) is 6.50. The van der Waals surface area contributed by atoms with E-state index in [0.29, 0.717) is 0 Å². The van der Waals surface area contributed by atoms with Crippen molar-refractivity contribution in [1.82, 2.24) is 0 Å². The van der Waals surface area contributed by atoms with Crippen LogP contribution in [0, 0.1) is 43.4 Å². The van der Waals surface area contributed by atoms with Crippen molar-refractivity contribution in [2.24, 2.45) is 35.3 Å². The van der Waals surface area contributed by atoms with Crippen LogP contribution in [0.5, 0.6) is 0 Å². The molecule has 0 spiro atoms. The molecule has 0 amide bonds. The molecular formula is C19H27N. The Morgan fingerprint density at radius 2 is 1.55 bits per heavy atom. The van der Waals surface area contributed by atoms with Crippen LogP contribution in [0.4, 0.5) is 0 Å². The predicted molar refractivity (Wildman–Crippen MR) is 83.4 cm³/mol. The monoisotopic (exact) mass is 269 g/mol. The van der Waals surface area contributed by atoms with Gasteiger partial charge in [-0.05, 0) is 86.7 Å². The van der Waals surface area contributed by atoms with Gasteiger partial charge in [0.2, 0.25) is 0 Å². The van der Waals surface area contributed by atoms with E-state index in [9.17, 15) is 0 Å². The maximum atomic E-state index is 6.77. The zero-order valence-electron chi connectivity index (χ0n) is 12.8. The van der Waals surface area contributed by atoms with Crippen LogP contribution in [-0.2, 0) is 0 Å². The molecule has 108 valence electrons. The fraction of sp³-hybridized carbons (Fsp3) is 0.684. The lowest BCUT2D eigenvalue weighted by atomic mass is 9.50. The van der Waals surface area contributed by atoms with Crippen LogP contribution in [0.1, 0.15) is 54.8 Å². The van der Waals surface area contributed by atoms with E-state index in [1.807, 2.05) is 0 Å². The molecule has 1 nitrogen and oxygen atoms in total. The molecule has 0 aliphatic heterocycles. The molecule has 0 saturated heterocycles. The SMILES string of the molecule is Cc1ccc(C(N)C2C3CC4CC(C3)CC2C4)c(C)c1. The molecule has 1 unspecified atom stereocenters. The number of rotatable bonds is 2. The number of benzene rings is 1. The second-order valence-electron chi connectivity index (χ2n) is 7.89. The molecule has 0 aromatic heterocycles. The van der Waals surface area contributed by atoms with Crippen LogP contribution in [0.25, 0.3) is 0 Å². The Morgan fingerprint density at radius 1 is 0.950 bits per heavy atom. The summed E-state index contributed by atoms with van der Waals surface area (Å²) >= 11 is 0. The average molecular weight is 269 g/mol. The number of hydrogen-bond donors (Lipinski definition) is 1. The van der Waals surface area contributed by atoms with Crippen LogP contribution < -0.4 is 5.73 Å². The lowest BCUT2D eigenvalue weighted by Gasteiger charge is -2.56. The summed E-state index contributed by atoms with van der Waals surface area (Å²) in [5.74, 6) is 4.67. The molecular weight excluding hydrogens is 242 g/mol. The molecule has 4 bridgehead atoms. The highest BCUT2D eigenvalue weighted by molar-refractivity contribution is 5.33. The zero-order valence-corrected chi connectivity index (χ0v) is 12.8. The maximum absolute atomic E-state index is 6.77. The minimum absolute atomic E-state index is 0.269. The van der Waals surface area contributed by atoms with Crippen LogP contribution in [-0.4, -0.2) is 0 Å². The Balaban J connectivity index is 1.63. The summed E-state index contributed by atoms with van der Waals surface area (Å²) in [4.78, 5) is 0. The molecule has 4 fully saturated rings. The quantitative estimate of drug-likeness (QED) is 0.847. The van der Waals surface area contributed by atoms with E-state index in [4.69, 9.17) is 5.73 Å². The minimum atomic E-state index is 0.269. The Hall–Kier alpha value is -0.820. The molecule has 0 radical (unpaired) electrons. The first-order valence-corrected chi connectivity index (χ1v) is 8.44. The molecule has 4 aliphatic rings. The molecule has 20 heavy (non-hydrogen) atoms. The van der Waals surface area contributed by atoms with E-state index < -0.39 is 0 Å². The van der Waals surface area contributed by atoms with Crippen molar-refractivity contribution in [3.8, 4) is 0 Å². The van der Waals surface area contributed by atoms with Crippen LogP contribution in [0.15, 0.2) is 18.2 Å². The Morgan fingerprint density at radius 3 is 2.10 bits per heavy atom. The predicted octanol–water partition coefficient (Wildman–Crippen LogP) is 4.38. The third kappa shape index (κ3) is 1.94. The minimum Gasteiger partial charge on any atom is -0.324 e. The Kier molecular flexibility index (Phi) is 2.96. The molecule has 1 heteroatoms. The standard InChI is InChI=1S/C19H27N/c1-11-3-4-17(12(2)5-11)19(20)18-15-7-13-6-14(9-15)10-16(18)8-13/h3-5,13-16,18-19H,6-10,20H2,1-2H3. The first-order valence-electron chi connectivity index (χ1n) is 8.44. The van der Waals surface area contributed by atoms with Gasteiger partial charge in [0.25, 0.3) is 0 Å². The van der Waals surface area contributed by atoms with Gasteiger partial charge in [-0.3, -0.25) is 0 Å². The van der Waals surface area contributed by atoms with E-state index in [-0.39, 0.29) is 6.04 Å². The molecule has 4 aliphatic carbocycles. The smallest absolute Gasteiger partial charge is 0.0331 e. The van der Waals surface area contributed by atoms with Gasteiger partial charge in [0.15, 0.2) is 0 Å². The van der Waals surface area contributed by atoms with Gasteiger partial charge < -0.3 is 5.73 Å². The van der Waals surface area contributed by atoms with Gasteiger partial charge in [-0.2, -0.15) is 0 Å². The van der Waals surface area contributed by atoms with Crippen molar-refractivity contribution in [3.63, 3.8) is 0 Å². The largest absolute Gasteiger partial charge is 0.324 e. The van der Waals surface area contributed by atoms with Crippen LogP contribution >= 0.6 is 0 Å². The van der Waals surface area contributed by atoms with Crippen molar-refractivity contribution < 1.29 is 0 Å². The van der Waals surface area contributed by atoms with Crippen molar-refractivity contribution in [2.45, 2.75) is 52.0 Å². The van der Waals surface area contributed by atoms with Crippen molar-refractivity contribution in [3.05, 3.63) is 34.9 Å². The molecule has 5 rings (SSSR count). The number of aryl methyl sites for hydroxylation is 2. The van der Waals surface area contributed by atoms with Crippen molar-refractivity contribution in [2.75, 3.05) is 0 Å². The Bertz CT molecular complexity index is 490. The lowest BCUT2D eigenvalue weighted by molar-refractivity contribution is -0.0472. The van der Waals surface area contributed by atoms with Crippen LogP contribution in [0.2, 0.25) is 0 Å². The molecule has 0 heterocycles. The highest BCUT2D eigenvalue weighted by Crippen LogP contribution is 2.59. The average Bonchev–Trinajstić information content (AvgIpc) is 2.37. The van der Waals surface area contributed by atoms with E-state index >= 15 is 0 Å². The number of nitrogens with two attached hydrogens (primary N) is 1. The summed E-state index contributed by atoms with van der Waals surface area (Å²) < 4.78 is 0. The highest BCUT2D eigenvalue weighted by atomic mass is 14.7. The summed E-state index contributed by atoms with van der Waals surface area (Å²) in [7, 11) is 0. The molecule has 1 atom stereocenters. The van der Waals surface area contributed by atoms with Crippen molar-refractivity contribution >= 4 is 0 Å². The molecule has 4 saturated carbocycles. The van der Waals surface area contributed by atoms with Gasteiger partial charge in [0.05, 0.1) is 0 Å². The van der Waals surface area contributed by atoms with E-state index in [1.54, 1.807) is 0 Å². The first kappa shape index (κ1) is 12.9. The third-order valence-electron chi connectivity index (χ3n) is 6.50. The fourth-order valence-electron chi connectivity index (χ4n) is 5.96. The summed E-state index contributed by atoms with van der Waals surface area (Å²) in [6, 6.07) is 7.09. The van der Waals surface area contributed by atoms with Gasteiger partial charge in [0, 0.05) is 6.04 Å². The summed E-state index contributed by atoms with van der Waals surface area (Å²) in [5, 5.41) is 0.